The van der Waals surface area contributed by atoms with Gasteiger partial charge in [-0.05, 0) is 30.2 Å². The van der Waals surface area contributed by atoms with Crippen molar-refractivity contribution in [3.63, 3.8) is 0 Å². The van der Waals surface area contributed by atoms with Crippen molar-refractivity contribution >= 4 is 46.8 Å². The largest absolute Gasteiger partial charge is 0.497 e. The van der Waals surface area contributed by atoms with Gasteiger partial charge in [0.1, 0.15) is 11.8 Å². The molecule has 3 rings (SSSR count). The summed E-state index contributed by atoms with van der Waals surface area (Å²) in [5.74, 6) is -2.64. The van der Waals surface area contributed by atoms with Crippen LogP contribution in [0.2, 0.25) is 10.0 Å². The van der Waals surface area contributed by atoms with Gasteiger partial charge in [0.05, 0.1) is 28.3 Å². The van der Waals surface area contributed by atoms with Crippen molar-refractivity contribution in [2.24, 2.45) is 5.92 Å². The smallest absolute Gasteiger partial charge is 0.330 e. The van der Waals surface area contributed by atoms with Crippen molar-refractivity contribution in [3.8, 4) is 5.75 Å². The monoisotopic (exact) mass is 463 g/mol. The number of fused-ring (bicyclic) bond motifs is 1. The predicted octanol–water partition coefficient (Wildman–Crippen LogP) is 4.05. The number of hydrogen-bond acceptors (Lipinski definition) is 6. The molecule has 0 N–H and O–H groups in total. The van der Waals surface area contributed by atoms with Gasteiger partial charge in [0, 0.05) is 5.56 Å². The molecule has 0 aromatic heterocycles. The van der Waals surface area contributed by atoms with Crippen molar-refractivity contribution in [2.75, 3.05) is 13.7 Å². The molecule has 1 aliphatic rings. The number of esters is 1. The average molecular weight is 464 g/mol. The molecule has 0 saturated heterocycles. The number of carbonyl (C=O) groups excluding carboxylic acids is 4. The Labute approximate surface area is 188 Å². The lowest BCUT2D eigenvalue weighted by Gasteiger charge is -2.27. The standard InChI is InChI=1S/C22H19Cl2NO6/c1-11(2)19(22(29)31-10-18(26)12-5-4-6-13(7-12)30-3)25-20(27)14-8-16(23)17(24)9-15(14)21(25)28/h4-9,11,19H,10H2,1-3H3/t19-/m1/s1. The summed E-state index contributed by atoms with van der Waals surface area (Å²) in [6, 6.07) is 7.79. The number of halogens is 2. The van der Waals surface area contributed by atoms with Crippen LogP contribution in [0.5, 0.6) is 5.75 Å². The van der Waals surface area contributed by atoms with Gasteiger partial charge in [-0.15, -0.1) is 0 Å². The molecule has 162 valence electrons. The number of carbonyl (C=O) groups is 4. The molecular formula is C22H19Cl2NO6. The van der Waals surface area contributed by atoms with Crippen LogP contribution >= 0.6 is 23.2 Å². The van der Waals surface area contributed by atoms with E-state index in [2.05, 4.69) is 0 Å². The third-order valence-corrected chi connectivity index (χ3v) is 5.57. The van der Waals surface area contributed by atoms with E-state index >= 15 is 0 Å². The summed E-state index contributed by atoms with van der Waals surface area (Å²) in [4.78, 5) is 51.8. The molecule has 0 radical (unpaired) electrons. The highest BCUT2D eigenvalue weighted by atomic mass is 35.5. The first-order valence-corrected chi connectivity index (χ1v) is 10.1. The molecule has 0 bridgehead atoms. The van der Waals surface area contributed by atoms with Gasteiger partial charge in [0.15, 0.2) is 12.4 Å². The minimum Gasteiger partial charge on any atom is -0.497 e. The number of imide groups is 1. The van der Waals surface area contributed by atoms with Crippen molar-refractivity contribution in [1.82, 2.24) is 4.90 Å². The van der Waals surface area contributed by atoms with Crippen molar-refractivity contribution in [2.45, 2.75) is 19.9 Å². The lowest BCUT2D eigenvalue weighted by molar-refractivity contribution is -0.148. The molecule has 0 spiro atoms. The number of benzene rings is 2. The van der Waals surface area contributed by atoms with Crippen LogP contribution in [0.25, 0.3) is 0 Å². The normalized spacial score (nSPS) is 13.9. The molecule has 2 aromatic carbocycles. The van der Waals surface area contributed by atoms with Gasteiger partial charge in [-0.2, -0.15) is 0 Å². The molecule has 1 aliphatic heterocycles. The van der Waals surface area contributed by atoms with Gasteiger partial charge >= 0.3 is 5.97 Å². The highest BCUT2D eigenvalue weighted by Gasteiger charge is 2.45. The minimum absolute atomic E-state index is 0.0605. The minimum atomic E-state index is -1.22. The van der Waals surface area contributed by atoms with Crippen LogP contribution in [0.1, 0.15) is 44.9 Å². The fourth-order valence-corrected chi connectivity index (χ4v) is 3.61. The van der Waals surface area contributed by atoms with Crippen molar-refractivity contribution < 1.29 is 28.7 Å². The van der Waals surface area contributed by atoms with Gasteiger partial charge < -0.3 is 9.47 Å². The Balaban J connectivity index is 1.79. The van der Waals surface area contributed by atoms with E-state index in [0.29, 0.717) is 11.3 Å². The highest BCUT2D eigenvalue weighted by molar-refractivity contribution is 6.43. The van der Waals surface area contributed by atoms with Crippen LogP contribution in [0.3, 0.4) is 0 Å². The molecule has 0 fully saturated rings. The molecule has 31 heavy (non-hydrogen) atoms. The summed E-state index contributed by atoms with van der Waals surface area (Å²) >= 11 is 11.9. The van der Waals surface area contributed by atoms with E-state index in [0.717, 1.165) is 4.90 Å². The maximum absolute atomic E-state index is 12.9. The summed E-state index contributed by atoms with van der Waals surface area (Å²) in [5.41, 5.74) is 0.425. The Bertz CT molecular complexity index is 1040. The third kappa shape index (κ3) is 4.43. The van der Waals surface area contributed by atoms with Crippen molar-refractivity contribution in [1.29, 1.82) is 0 Å². The van der Waals surface area contributed by atoms with Crippen LogP contribution in [-0.4, -0.2) is 48.2 Å². The third-order valence-electron chi connectivity index (χ3n) is 4.85. The lowest BCUT2D eigenvalue weighted by atomic mass is 10.0. The number of methoxy groups -OCH3 is 1. The number of nitrogens with zero attached hydrogens (tertiary/aromatic N) is 1. The van der Waals surface area contributed by atoms with Crippen molar-refractivity contribution in [3.05, 3.63) is 63.1 Å². The summed E-state index contributed by atoms with van der Waals surface area (Å²) in [6.45, 7) is 2.79. The predicted molar refractivity (Wildman–Crippen MR) is 114 cm³/mol. The van der Waals surface area contributed by atoms with Gasteiger partial charge in [0.2, 0.25) is 0 Å². The van der Waals surface area contributed by atoms with E-state index in [1.807, 2.05) is 0 Å². The number of Topliss-reactive ketones (excluding diaryl/α,β-unsaturated/α-hetero) is 1. The first-order chi connectivity index (χ1) is 14.6. The zero-order chi connectivity index (χ0) is 22.9. The number of rotatable bonds is 7. The van der Waals surface area contributed by atoms with Crippen LogP contribution in [0.4, 0.5) is 0 Å². The van der Waals surface area contributed by atoms with Crippen LogP contribution in [0.15, 0.2) is 36.4 Å². The fourth-order valence-electron chi connectivity index (χ4n) is 3.28. The average Bonchev–Trinajstić information content (AvgIpc) is 2.97. The van der Waals surface area contributed by atoms with E-state index in [-0.39, 0.29) is 21.2 Å². The molecule has 0 unspecified atom stereocenters. The second-order valence-electron chi connectivity index (χ2n) is 7.24. The Kier molecular flexibility index (Phi) is 6.67. The molecule has 1 atom stereocenters. The molecule has 2 amide bonds. The van der Waals surface area contributed by atoms with Crippen LogP contribution in [-0.2, 0) is 9.53 Å². The molecule has 0 aliphatic carbocycles. The lowest BCUT2D eigenvalue weighted by Crippen LogP contribution is -2.49. The highest BCUT2D eigenvalue weighted by Crippen LogP contribution is 2.33. The Morgan fingerprint density at radius 3 is 2.10 bits per heavy atom. The fraction of sp³-hybridized carbons (Fsp3) is 0.273. The Hall–Kier alpha value is -2.90. The number of ketones is 1. The molecule has 0 saturated carbocycles. The van der Waals surface area contributed by atoms with E-state index in [4.69, 9.17) is 32.7 Å². The summed E-state index contributed by atoms with van der Waals surface area (Å²) in [5, 5.41) is 0.243. The number of ether oxygens (including phenoxy) is 2. The van der Waals surface area contributed by atoms with Gasteiger partial charge in [-0.25, -0.2) is 4.79 Å². The summed E-state index contributed by atoms with van der Waals surface area (Å²) in [7, 11) is 1.47. The number of hydrogen-bond donors (Lipinski definition) is 0. The summed E-state index contributed by atoms with van der Waals surface area (Å²) in [6.07, 6.45) is 0. The maximum atomic E-state index is 12.9. The molecule has 7 nitrogen and oxygen atoms in total. The van der Waals surface area contributed by atoms with E-state index in [1.54, 1.807) is 32.0 Å². The van der Waals surface area contributed by atoms with E-state index in [1.165, 1.54) is 25.3 Å². The van der Waals surface area contributed by atoms with Gasteiger partial charge in [-0.3, -0.25) is 19.3 Å². The molecule has 9 heteroatoms. The van der Waals surface area contributed by atoms with Gasteiger partial charge in [0.25, 0.3) is 11.8 Å². The molecule has 2 aromatic rings. The van der Waals surface area contributed by atoms with Crippen LogP contribution in [0, 0.1) is 5.92 Å². The number of amides is 2. The Morgan fingerprint density at radius 2 is 1.58 bits per heavy atom. The second-order valence-corrected chi connectivity index (χ2v) is 8.06. The SMILES string of the molecule is COc1cccc(C(=O)COC(=O)[C@@H](C(C)C)N2C(=O)c3cc(Cl)c(Cl)cc3C2=O)c1. The first kappa shape index (κ1) is 22.8. The first-order valence-electron chi connectivity index (χ1n) is 9.36. The zero-order valence-corrected chi connectivity index (χ0v) is 18.5. The van der Waals surface area contributed by atoms with E-state index in [9.17, 15) is 19.2 Å². The Morgan fingerprint density at radius 1 is 1.00 bits per heavy atom. The topological polar surface area (TPSA) is 90.0 Å². The molecular weight excluding hydrogens is 445 g/mol. The maximum Gasteiger partial charge on any atom is 0.330 e. The zero-order valence-electron chi connectivity index (χ0n) is 17.0. The summed E-state index contributed by atoms with van der Waals surface area (Å²) < 4.78 is 10.3. The van der Waals surface area contributed by atoms with Gasteiger partial charge in [-0.1, -0.05) is 49.2 Å². The quantitative estimate of drug-likeness (QED) is 0.349. The van der Waals surface area contributed by atoms with Crippen LogP contribution < -0.4 is 4.74 Å². The molecule has 1 heterocycles. The second kappa shape index (κ2) is 9.08. The van der Waals surface area contributed by atoms with E-state index < -0.39 is 42.1 Å².